The molecule has 2 atom stereocenters. The van der Waals surface area contributed by atoms with E-state index in [0.717, 1.165) is 28.1 Å². The number of aryl methyl sites for hydroxylation is 1. The van der Waals surface area contributed by atoms with Gasteiger partial charge in [-0.05, 0) is 43.0 Å². The van der Waals surface area contributed by atoms with Gasteiger partial charge in [-0.3, -0.25) is 4.79 Å². The number of nitrogens with zero attached hydrogens (tertiary/aromatic N) is 1. The Kier molecular flexibility index (Phi) is 5.88. The van der Waals surface area contributed by atoms with E-state index in [1.54, 1.807) is 28.4 Å². The van der Waals surface area contributed by atoms with Crippen molar-refractivity contribution in [2.45, 2.75) is 31.6 Å². The van der Waals surface area contributed by atoms with Crippen molar-refractivity contribution >= 4 is 11.7 Å². The van der Waals surface area contributed by atoms with Crippen molar-refractivity contribution < 1.29 is 28.3 Å². The summed E-state index contributed by atoms with van der Waals surface area (Å²) < 4.78 is 27.8. The topological polar surface area (TPSA) is 92.1 Å². The van der Waals surface area contributed by atoms with Crippen LogP contribution in [0.4, 0.5) is 5.88 Å². The summed E-state index contributed by atoms with van der Waals surface area (Å²) in [4.78, 5) is 13.8. The van der Waals surface area contributed by atoms with Crippen molar-refractivity contribution in [3.8, 4) is 23.0 Å². The molecule has 0 radical (unpaired) electrons. The molecule has 3 aromatic rings. The van der Waals surface area contributed by atoms with Crippen LogP contribution in [0.3, 0.4) is 0 Å². The number of aromatic nitrogens is 1. The molecule has 1 aliphatic carbocycles. The summed E-state index contributed by atoms with van der Waals surface area (Å²) in [5.74, 6) is 2.58. The third kappa shape index (κ3) is 3.69. The fraction of sp³-hybridized carbons (Fsp3) is 0.333. The van der Waals surface area contributed by atoms with Gasteiger partial charge >= 0.3 is 0 Å². The van der Waals surface area contributed by atoms with Crippen LogP contribution in [-0.2, 0) is 4.79 Å². The van der Waals surface area contributed by atoms with Crippen LogP contribution in [0.2, 0.25) is 0 Å². The van der Waals surface area contributed by atoms with Crippen LogP contribution in [-0.4, -0.2) is 39.4 Å². The van der Waals surface area contributed by atoms with Gasteiger partial charge in [0.05, 0.1) is 45.6 Å². The van der Waals surface area contributed by atoms with Gasteiger partial charge in [-0.2, -0.15) is 0 Å². The minimum atomic E-state index is -0.411. The van der Waals surface area contributed by atoms with E-state index in [2.05, 4.69) is 10.5 Å². The van der Waals surface area contributed by atoms with Crippen molar-refractivity contribution in [1.82, 2.24) is 5.16 Å². The molecule has 0 saturated carbocycles. The fourth-order valence-electron chi connectivity index (χ4n) is 5.25. The highest BCUT2D eigenvalue weighted by molar-refractivity contribution is 6.02. The highest BCUT2D eigenvalue weighted by Gasteiger charge is 2.42. The molecule has 35 heavy (non-hydrogen) atoms. The molecule has 0 fully saturated rings. The monoisotopic (exact) mass is 476 g/mol. The molecule has 0 saturated heterocycles. The molecule has 1 aromatic heterocycles. The number of hydrogen-bond acceptors (Lipinski definition) is 8. The van der Waals surface area contributed by atoms with E-state index in [4.69, 9.17) is 23.5 Å². The Bertz CT molecular complexity index is 1310. The molecule has 182 valence electrons. The van der Waals surface area contributed by atoms with E-state index in [9.17, 15) is 4.79 Å². The zero-order valence-corrected chi connectivity index (χ0v) is 20.4. The van der Waals surface area contributed by atoms with Crippen LogP contribution < -0.4 is 24.3 Å². The lowest BCUT2D eigenvalue weighted by Gasteiger charge is -2.35. The van der Waals surface area contributed by atoms with E-state index < -0.39 is 5.92 Å². The van der Waals surface area contributed by atoms with Crippen molar-refractivity contribution in [2.75, 3.05) is 33.8 Å². The molecule has 8 heteroatoms. The first-order valence-electron chi connectivity index (χ1n) is 11.4. The number of allylic oxidation sites excluding steroid dienone is 2. The second-order valence-corrected chi connectivity index (χ2v) is 8.69. The molecule has 2 aromatic carbocycles. The van der Waals surface area contributed by atoms with Crippen LogP contribution >= 0.6 is 0 Å². The molecule has 5 rings (SSSR count). The number of benzene rings is 2. The number of hydrogen-bond donors (Lipinski definition) is 1. The van der Waals surface area contributed by atoms with Crippen molar-refractivity contribution in [3.05, 3.63) is 70.1 Å². The molecular formula is C27H28N2O6. The van der Waals surface area contributed by atoms with Crippen LogP contribution in [0.1, 0.15) is 47.1 Å². The molecule has 0 bridgehead atoms. The smallest absolute Gasteiger partial charge is 0.233 e. The molecule has 1 N–H and O–H groups in total. The average molecular weight is 477 g/mol. The Hall–Kier alpha value is -3.94. The number of anilines is 1. The summed E-state index contributed by atoms with van der Waals surface area (Å²) in [5.41, 5.74) is 4.97. The fourth-order valence-corrected chi connectivity index (χ4v) is 5.25. The summed E-state index contributed by atoms with van der Waals surface area (Å²) in [7, 11) is 6.37. The molecule has 8 nitrogen and oxygen atoms in total. The Morgan fingerprint density at radius 1 is 0.914 bits per heavy atom. The number of ether oxygens (including phenoxy) is 4. The normalized spacial score (nSPS) is 18.9. The third-order valence-electron chi connectivity index (χ3n) is 6.89. The third-order valence-corrected chi connectivity index (χ3v) is 6.89. The molecule has 0 amide bonds. The standard InChI is InChI=1S/C27H28N2O6/c1-14-22-23(18-10-11-21(32-3)26(34-5)25(18)33-4)24-19(28-27(22)35-29-14)12-16(13-20(24)30)15-6-8-17(31-2)9-7-15/h6-11,16,23,28H,12-13H2,1-5H3/t16-,23-/m0/s1. The summed E-state index contributed by atoms with van der Waals surface area (Å²) >= 11 is 0. The molecule has 2 heterocycles. The predicted molar refractivity (Wildman–Crippen MR) is 130 cm³/mol. The Morgan fingerprint density at radius 3 is 2.31 bits per heavy atom. The number of carbonyl (C=O) groups excluding carboxylic acids is 1. The molecular weight excluding hydrogens is 448 g/mol. The van der Waals surface area contributed by atoms with Gasteiger partial charge in [-0.15, -0.1) is 0 Å². The average Bonchev–Trinajstić information content (AvgIpc) is 3.26. The first-order chi connectivity index (χ1) is 17.0. The largest absolute Gasteiger partial charge is 0.497 e. The first-order valence-corrected chi connectivity index (χ1v) is 11.4. The highest BCUT2D eigenvalue weighted by Crippen LogP contribution is 2.53. The lowest BCUT2D eigenvalue weighted by molar-refractivity contribution is -0.116. The quantitative estimate of drug-likeness (QED) is 0.533. The lowest BCUT2D eigenvalue weighted by Crippen LogP contribution is -2.29. The Balaban J connectivity index is 1.64. The zero-order valence-electron chi connectivity index (χ0n) is 20.4. The Morgan fingerprint density at radius 2 is 1.66 bits per heavy atom. The second-order valence-electron chi connectivity index (χ2n) is 8.69. The number of Topliss-reactive ketones (excluding diaryl/α,β-unsaturated/α-hetero) is 1. The summed E-state index contributed by atoms with van der Waals surface area (Å²) in [6, 6.07) is 11.6. The Labute approximate surface area is 203 Å². The predicted octanol–water partition coefficient (Wildman–Crippen LogP) is 4.98. The lowest BCUT2D eigenvalue weighted by atomic mass is 9.72. The van der Waals surface area contributed by atoms with E-state index in [1.807, 2.05) is 43.3 Å². The van der Waals surface area contributed by atoms with Crippen LogP contribution in [0.5, 0.6) is 23.0 Å². The van der Waals surface area contributed by atoms with Gasteiger partial charge in [0.25, 0.3) is 0 Å². The maximum Gasteiger partial charge on any atom is 0.233 e. The summed E-state index contributed by atoms with van der Waals surface area (Å²) in [6.45, 7) is 1.88. The number of nitrogens with one attached hydrogen (secondary N) is 1. The van der Waals surface area contributed by atoms with E-state index in [0.29, 0.717) is 47.2 Å². The van der Waals surface area contributed by atoms with E-state index >= 15 is 0 Å². The van der Waals surface area contributed by atoms with Gasteiger partial charge in [0.1, 0.15) is 5.75 Å². The minimum absolute atomic E-state index is 0.0400. The van der Waals surface area contributed by atoms with E-state index in [-0.39, 0.29) is 11.7 Å². The molecule has 0 unspecified atom stereocenters. The first kappa shape index (κ1) is 22.8. The number of rotatable bonds is 6. The molecule has 2 aliphatic rings. The van der Waals surface area contributed by atoms with Gasteiger partial charge in [-0.1, -0.05) is 23.4 Å². The van der Waals surface area contributed by atoms with Crippen molar-refractivity contribution in [2.24, 2.45) is 0 Å². The highest BCUT2D eigenvalue weighted by atomic mass is 16.5. The number of ketones is 1. The maximum absolute atomic E-state index is 13.8. The number of carbonyl (C=O) groups is 1. The SMILES string of the molecule is COc1ccc([C@@H]2CC(=O)C3=C(C2)Nc2onc(C)c2[C@@H]3c2ccc(OC)c(OC)c2OC)cc1. The van der Waals surface area contributed by atoms with Crippen molar-refractivity contribution in [1.29, 1.82) is 0 Å². The number of fused-ring (bicyclic) bond motifs is 1. The number of methoxy groups -OCH3 is 4. The van der Waals surface area contributed by atoms with Crippen LogP contribution in [0, 0.1) is 6.92 Å². The molecule has 1 aliphatic heterocycles. The van der Waals surface area contributed by atoms with Gasteiger partial charge in [-0.25, -0.2) is 0 Å². The minimum Gasteiger partial charge on any atom is -0.497 e. The van der Waals surface area contributed by atoms with Crippen molar-refractivity contribution in [3.63, 3.8) is 0 Å². The van der Waals surface area contributed by atoms with Crippen LogP contribution in [0.25, 0.3) is 0 Å². The summed E-state index contributed by atoms with van der Waals surface area (Å²) in [6.07, 6.45) is 1.07. The van der Waals surface area contributed by atoms with Gasteiger partial charge in [0.2, 0.25) is 11.6 Å². The van der Waals surface area contributed by atoms with Crippen LogP contribution in [0.15, 0.2) is 52.2 Å². The zero-order chi connectivity index (χ0) is 24.7. The van der Waals surface area contributed by atoms with Gasteiger partial charge < -0.3 is 28.8 Å². The maximum atomic E-state index is 13.8. The van der Waals surface area contributed by atoms with Gasteiger partial charge in [0.15, 0.2) is 17.3 Å². The second kappa shape index (κ2) is 9.02. The van der Waals surface area contributed by atoms with E-state index in [1.165, 1.54) is 0 Å². The molecule has 0 spiro atoms. The van der Waals surface area contributed by atoms with Gasteiger partial charge in [0, 0.05) is 23.3 Å². The summed E-state index contributed by atoms with van der Waals surface area (Å²) in [5, 5.41) is 7.57.